The van der Waals surface area contributed by atoms with Gasteiger partial charge in [0, 0.05) is 19.1 Å². The van der Waals surface area contributed by atoms with Crippen LogP contribution in [0.2, 0.25) is 0 Å². The molecule has 7 heteroatoms. The van der Waals surface area contributed by atoms with Crippen molar-refractivity contribution < 1.29 is 4.79 Å². The molecule has 2 unspecified atom stereocenters. The normalized spacial score (nSPS) is 19.1. The van der Waals surface area contributed by atoms with Gasteiger partial charge in [0.15, 0.2) is 5.16 Å². The molecule has 0 bridgehead atoms. The Morgan fingerprint density at radius 3 is 2.52 bits per heavy atom. The average Bonchev–Trinajstić information content (AvgIpc) is 3.20. The number of anilines is 1. The maximum Gasteiger partial charge on any atom is 0.233 e. The third-order valence-corrected chi connectivity index (χ3v) is 6.31. The van der Waals surface area contributed by atoms with E-state index in [1.165, 1.54) is 37.4 Å². The van der Waals surface area contributed by atoms with Gasteiger partial charge in [-0.25, -0.2) is 0 Å². The molecule has 27 heavy (non-hydrogen) atoms. The first-order chi connectivity index (χ1) is 13.1. The summed E-state index contributed by atoms with van der Waals surface area (Å²) in [6.45, 7) is 6.07. The van der Waals surface area contributed by atoms with Gasteiger partial charge in [-0.15, -0.1) is 10.2 Å². The van der Waals surface area contributed by atoms with Crippen LogP contribution in [0.1, 0.15) is 57.2 Å². The summed E-state index contributed by atoms with van der Waals surface area (Å²) in [4.78, 5) is 15.0. The zero-order valence-corrected chi connectivity index (χ0v) is 16.8. The summed E-state index contributed by atoms with van der Waals surface area (Å²) in [5, 5.41) is 12.7. The van der Waals surface area contributed by atoms with Crippen LogP contribution < -0.4 is 10.2 Å². The highest BCUT2D eigenvalue weighted by atomic mass is 32.2. The minimum Gasteiger partial charge on any atom is -0.349 e. The molecule has 1 aliphatic carbocycles. The van der Waals surface area contributed by atoms with Crippen molar-refractivity contribution in [1.82, 2.24) is 20.1 Å². The van der Waals surface area contributed by atoms with Gasteiger partial charge < -0.3 is 10.2 Å². The van der Waals surface area contributed by atoms with Crippen molar-refractivity contribution in [3.8, 4) is 0 Å². The van der Waals surface area contributed by atoms with Crippen LogP contribution in [0.25, 0.3) is 0 Å². The summed E-state index contributed by atoms with van der Waals surface area (Å²) in [7, 11) is 0. The molecular weight excluding hydrogens is 358 g/mol. The Labute approximate surface area is 164 Å². The van der Waals surface area contributed by atoms with E-state index in [4.69, 9.17) is 0 Å². The maximum absolute atomic E-state index is 12.7. The fourth-order valence-corrected chi connectivity index (χ4v) is 4.43. The molecule has 1 N–H and O–H groups in total. The molecule has 6 nitrogen and oxygen atoms in total. The number of rotatable bonds is 7. The van der Waals surface area contributed by atoms with Gasteiger partial charge in [-0.2, -0.15) is 0 Å². The molecule has 2 aromatic rings. The molecule has 1 saturated heterocycles. The number of hydrogen-bond acceptors (Lipinski definition) is 5. The third-order valence-electron chi connectivity index (χ3n) is 5.26. The Morgan fingerprint density at radius 2 is 1.85 bits per heavy atom. The predicted molar refractivity (Wildman–Crippen MR) is 108 cm³/mol. The summed E-state index contributed by atoms with van der Waals surface area (Å²) in [5.41, 5.74) is 1.11. The monoisotopic (exact) mass is 385 g/mol. The lowest BCUT2D eigenvalue weighted by Crippen LogP contribution is -2.33. The van der Waals surface area contributed by atoms with Crippen LogP contribution in [-0.2, 0) is 4.79 Å². The van der Waals surface area contributed by atoms with Crippen LogP contribution in [0, 0.1) is 0 Å². The highest BCUT2D eigenvalue weighted by molar-refractivity contribution is 8.00. The van der Waals surface area contributed by atoms with Gasteiger partial charge in [-0.1, -0.05) is 42.1 Å². The smallest absolute Gasteiger partial charge is 0.233 e. The zero-order chi connectivity index (χ0) is 18.8. The lowest BCUT2D eigenvalue weighted by Gasteiger charge is -2.20. The molecule has 2 heterocycles. The van der Waals surface area contributed by atoms with Crippen molar-refractivity contribution in [2.45, 2.75) is 62.0 Å². The van der Waals surface area contributed by atoms with E-state index in [1.807, 2.05) is 44.2 Å². The van der Waals surface area contributed by atoms with Crippen molar-refractivity contribution in [2.24, 2.45) is 0 Å². The first-order valence-electron chi connectivity index (χ1n) is 9.85. The first-order valence-corrected chi connectivity index (χ1v) is 10.7. The second kappa shape index (κ2) is 7.92. The van der Waals surface area contributed by atoms with E-state index in [0.717, 1.165) is 29.8 Å². The second-order valence-electron chi connectivity index (χ2n) is 7.48. The molecule has 1 aromatic carbocycles. The number of amides is 1. The van der Waals surface area contributed by atoms with Gasteiger partial charge in [0.25, 0.3) is 0 Å². The van der Waals surface area contributed by atoms with Crippen molar-refractivity contribution in [1.29, 1.82) is 0 Å². The first kappa shape index (κ1) is 18.3. The Bertz CT molecular complexity index is 783. The second-order valence-corrected chi connectivity index (χ2v) is 8.79. The molecule has 0 spiro atoms. The largest absolute Gasteiger partial charge is 0.349 e. The van der Waals surface area contributed by atoms with Crippen molar-refractivity contribution in [2.75, 3.05) is 18.0 Å². The topological polar surface area (TPSA) is 63.1 Å². The number of hydrogen-bond donors (Lipinski definition) is 1. The van der Waals surface area contributed by atoms with Crippen LogP contribution in [0.3, 0.4) is 0 Å². The molecule has 2 aliphatic rings. The molecule has 4 rings (SSSR count). The zero-order valence-electron chi connectivity index (χ0n) is 16.0. The number of nitrogens with one attached hydrogen (secondary N) is 1. The summed E-state index contributed by atoms with van der Waals surface area (Å²) >= 11 is 1.51. The molecular formula is C20H27N5OS. The van der Waals surface area contributed by atoms with E-state index in [-0.39, 0.29) is 17.2 Å². The highest BCUT2D eigenvalue weighted by Gasteiger charge is 2.33. The number of carbonyl (C=O) groups excluding carboxylic acids is 1. The molecule has 1 aromatic heterocycles. The fraction of sp³-hybridized carbons (Fsp3) is 0.550. The van der Waals surface area contributed by atoms with Crippen LogP contribution in [0.5, 0.6) is 0 Å². The average molecular weight is 386 g/mol. The fourth-order valence-electron chi connectivity index (χ4n) is 3.50. The number of thioether (sulfide) groups is 1. The van der Waals surface area contributed by atoms with Crippen LogP contribution in [0.4, 0.5) is 5.95 Å². The van der Waals surface area contributed by atoms with Crippen LogP contribution in [-0.4, -0.2) is 39.0 Å². The van der Waals surface area contributed by atoms with Gasteiger partial charge in [0.2, 0.25) is 11.9 Å². The summed E-state index contributed by atoms with van der Waals surface area (Å²) in [5.74, 6) is 1.02. The molecule has 144 valence electrons. The lowest BCUT2D eigenvalue weighted by atomic mass is 10.1. The van der Waals surface area contributed by atoms with E-state index < -0.39 is 0 Å². The summed E-state index contributed by atoms with van der Waals surface area (Å²) in [6, 6.07) is 10.5. The van der Waals surface area contributed by atoms with Crippen LogP contribution >= 0.6 is 11.8 Å². The van der Waals surface area contributed by atoms with E-state index in [0.29, 0.717) is 6.04 Å². The van der Waals surface area contributed by atoms with Crippen molar-refractivity contribution in [3.05, 3.63) is 35.9 Å². The maximum atomic E-state index is 12.7. The van der Waals surface area contributed by atoms with Crippen molar-refractivity contribution in [3.63, 3.8) is 0 Å². The molecule has 0 radical (unpaired) electrons. The van der Waals surface area contributed by atoms with Gasteiger partial charge in [-0.05, 0) is 45.1 Å². The van der Waals surface area contributed by atoms with Gasteiger partial charge in [-0.3, -0.25) is 9.36 Å². The van der Waals surface area contributed by atoms with Gasteiger partial charge >= 0.3 is 0 Å². The Kier molecular flexibility index (Phi) is 5.38. The Balaban J connectivity index is 1.43. The standard InChI is InChI=1S/C20H27N5OS/c1-14(16-8-4-3-5-9-16)21-18(26)15(2)27-20-23-22-19(24-12-6-7-13-24)25(20)17-10-11-17/h3-5,8-9,14-15,17H,6-7,10-13H2,1-2H3,(H,21,26). The quantitative estimate of drug-likeness (QED) is 0.738. The SMILES string of the molecule is CC(Sc1nnc(N2CCCC2)n1C1CC1)C(=O)NC(C)c1ccccc1. The van der Waals surface area contributed by atoms with Gasteiger partial charge in [0.05, 0.1) is 11.3 Å². The molecule has 1 saturated carbocycles. The van der Waals surface area contributed by atoms with Crippen LogP contribution in [0.15, 0.2) is 35.5 Å². The van der Waals surface area contributed by atoms with Gasteiger partial charge in [0.1, 0.15) is 0 Å². The van der Waals surface area contributed by atoms with E-state index in [9.17, 15) is 4.79 Å². The third kappa shape index (κ3) is 4.13. The van der Waals surface area contributed by atoms with Crippen molar-refractivity contribution >= 4 is 23.6 Å². The Morgan fingerprint density at radius 1 is 1.15 bits per heavy atom. The molecule has 2 fully saturated rings. The lowest BCUT2D eigenvalue weighted by molar-refractivity contribution is -0.120. The molecule has 2 atom stereocenters. The highest BCUT2D eigenvalue weighted by Crippen LogP contribution is 2.42. The minimum absolute atomic E-state index is 0.0109. The van der Waals surface area contributed by atoms with E-state index in [2.05, 4.69) is 25.0 Å². The Hall–Kier alpha value is -2.02. The van der Waals surface area contributed by atoms with E-state index >= 15 is 0 Å². The summed E-state index contributed by atoms with van der Waals surface area (Å²) in [6.07, 6.45) is 4.79. The van der Waals surface area contributed by atoms with E-state index in [1.54, 1.807) is 0 Å². The minimum atomic E-state index is -0.218. The predicted octanol–water partition coefficient (Wildman–Crippen LogP) is 3.57. The summed E-state index contributed by atoms with van der Waals surface area (Å²) < 4.78 is 2.26. The molecule has 1 amide bonds. The number of nitrogens with zero attached hydrogens (tertiary/aromatic N) is 4. The molecule has 1 aliphatic heterocycles. The number of aromatic nitrogens is 3. The number of benzene rings is 1. The number of carbonyl (C=O) groups is 1.